The third-order valence-corrected chi connectivity index (χ3v) is 4.94. The molecule has 28 heavy (non-hydrogen) atoms. The van der Waals surface area contributed by atoms with Gasteiger partial charge < -0.3 is 5.32 Å². The van der Waals surface area contributed by atoms with Crippen LogP contribution in [0.15, 0.2) is 67.8 Å². The summed E-state index contributed by atoms with van der Waals surface area (Å²) in [4.78, 5) is 0. The molecule has 2 rings (SSSR count). The maximum atomic E-state index is 14.1. The fourth-order valence-electron chi connectivity index (χ4n) is 3.35. The highest BCUT2D eigenvalue weighted by molar-refractivity contribution is 5.71. The van der Waals surface area contributed by atoms with Gasteiger partial charge >= 0.3 is 0 Å². The first-order valence-corrected chi connectivity index (χ1v) is 10.1. The molecule has 0 aromatic heterocycles. The Morgan fingerprint density at radius 1 is 1.14 bits per heavy atom. The van der Waals surface area contributed by atoms with E-state index in [1.54, 1.807) is 13.8 Å². The Labute approximate surface area is 171 Å². The molecule has 2 aromatic rings. The second-order valence-corrected chi connectivity index (χ2v) is 7.51. The van der Waals surface area contributed by atoms with Crippen molar-refractivity contribution >= 4 is 5.57 Å². The minimum absolute atomic E-state index is 0.303. The van der Waals surface area contributed by atoms with E-state index in [1.165, 1.54) is 22.3 Å². The van der Waals surface area contributed by atoms with Gasteiger partial charge in [-0.3, -0.25) is 0 Å². The van der Waals surface area contributed by atoms with Crippen LogP contribution in [0.2, 0.25) is 0 Å². The number of halogens is 1. The lowest BCUT2D eigenvalue weighted by molar-refractivity contribution is 0.221. The smallest absolute Gasteiger partial charge is 0.130 e. The Hall–Kier alpha value is -2.19. The SMILES string of the molecule is C/C=C(\c1ccccc1C)C(C)NCCCc1cccc(C(C)(C)F)c1.C=C. The van der Waals surface area contributed by atoms with Gasteiger partial charge in [0.2, 0.25) is 0 Å². The molecule has 0 aliphatic carbocycles. The van der Waals surface area contributed by atoms with Gasteiger partial charge in [0.1, 0.15) is 5.67 Å². The molecule has 0 saturated heterocycles. The van der Waals surface area contributed by atoms with Crippen molar-refractivity contribution in [2.45, 2.75) is 59.2 Å². The third kappa shape index (κ3) is 7.09. The number of nitrogens with one attached hydrogen (secondary N) is 1. The molecule has 2 aromatic carbocycles. The molecule has 1 N–H and O–H groups in total. The maximum Gasteiger partial charge on any atom is 0.130 e. The molecule has 0 saturated carbocycles. The van der Waals surface area contributed by atoms with Crippen molar-refractivity contribution in [3.63, 3.8) is 0 Å². The molecule has 0 bridgehead atoms. The van der Waals surface area contributed by atoms with Crippen LogP contribution in [0.3, 0.4) is 0 Å². The number of rotatable bonds is 8. The van der Waals surface area contributed by atoms with E-state index in [0.717, 1.165) is 24.9 Å². The predicted octanol–water partition coefficient (Wildman–Crippen LogP) is 7.02. The highest BCUT2D eigenvalue weighted by Gasteiger charge is 2.18. The summed E-state index contributed by atoms with van der Waals surface area (Å²) in [6, 6.07) is 16.7. The predicted molar refractivity (Wildman–Crippen MR) is 122 cm³/mol. The molecule has 152 valence electrons. The van der Waals surface area contributed by atoms with Crippen LogP contribution >= 0.6 is 0 Å². The van der Waals surface area contributed by atoms with Crippen molar-refractivity contribution in [3.05, 3.63) is 90.0 Å². The fraction of sp³-hybridized carbons (Fsp3) is 0.385. The molecule has 1 nitrogen and oxygen atoms in total. The van der Waals surface area contributed by atoms with E-state index in [-0.39, 0.29) is 0 Å². The zero-order valence-corrected chi connectivity index (χ0v) is 18.2. The highest BCUT2D eigenvalue weighted by Crippen LogP contribution is 2.25. The number of hydrogen-bond acceptors (Lipinski definition) is 1. The van der Waals surface area contributed by atoms with Crippen molar-refractivity contribution in [1.82, 2.24) is 5.32 Å². The first kappa shape index (κ1) is 23.8. The summed E-state index contributed by atoms with van der Waals surface area (Å²) in [5, 5.41) is 3.63. The lowest BCUT2D eigenvalue weighted by Gasteiger charge is -2.20. The van der Waals surface area contributed by atoms with Gasteiger partial charge in [-0.25, -0.2) is 4.39 Å². The lowest BCUT2D eigenvalue weighted by Crippen LogP contribution is -2.28. The minimum atomic E-state index is -1.28. The molecule has 1 unspecified atom stereocenters. The normalized spacial score (nSPS) is 12.9. The maximum absolute atomic E-state index is 14.1. The van der Waals surface area contributed by atoms with Crippen molar-refractivity contribution in [2.24, 2.45) is 0 Å². The zero-order chi connectivity index (χ0) is 21.2. The standard InChI is InChI=1S/C24H32FN.C2H4/c1-6-22(23-15-8-7-11-18(23)2)19(3)26-16-10-13-20-12-9-14-21(17-20)24(4,5)25;1-2/h6-9,11-12,14-15,17,19,26H,10,13,16H2,1-5H3;1-2H2/b22-6-;. The van der Waals surface area contributed by atoms with Gasteiger partial charge in [0.15, 0.2) is 0 Å². The van der Waals surface area contributed by atoms with Gasteiger partial charge in [-0.2, -0.15) is 0 Å². The van der Waals surface area contributed by atoms with Crippen LogP contribution in [0, 0.1) is 6.92 Å². The van der Waals surface area contributed by atoms with Gasteiger partial charge in [-0.15, -0.1) is 13.2 Å². The van der Waals surface area contributed by atoms with E-state index in [9.17, 15) is 4.39 Å². The quantitative estimate of drug-likeness (QED) is 0.383. The number of benzene rings is 2. The van der Waals surface area contributed by atoms with Crippen molar-refractivity contribution < 1.29 is 4.39 Å². The fourth-order valence-corrected chi connectivity index (χ4v) is 3.35. The van der Waals surface area contributed by atoms with E-state index >= 15 is 0 Å². The number of alkyl halides is 1. The summed E-state index contributed by atoms with van der Waals surface area (Å²) < 4.78 is 14.1. The van der Waals surface area contributed by atoms with Gasteiger partial charge in [-0.1, -0.05) is 54.6 Å². The number of allylic oxidation sites excluding steroid dienone is 1. The second kappa shape index (κ2) is 11.6. The van der Waals surface area contributed by atoms with E-state index in [2.05, 4.69) is 75.7 Å². The Kier molecular flexibility index (Phi) is 9.89. The molecule has 0 fully saturated rings. The Bertz CT molecular complexity index is 755. The highest BCUT2D eigenvalue weighted by atomic mass is 19.1. The van der Waals surface area contributed by atoms with Crippen LogP contribution in [-0.2, 0) is 12.1 Å². The Morgan fingerprint density at radius 3 is 2.43 bits per heavy atom. The number of aryl methyl sites for hydroxylation is 2. The largest absolute Gasteiger partial charge is 0.310 e. The zero-order valence-electron chi connectivity index (χ0n) is 18.2. The van der Waals surface area contributed by atoms with Crippen molar-refractivity contribution in [3.8, 4) is 0 Å². The van der Waals surface area contributed by atoms with Crippen LogP contribution in [0.1, 0.15) is 56.4 Å². The van der Waals surface area contributed by atoms with Crippen LogP contribution in [0.4, 0.5) is 4.39 Å². The summed E-state index contributed by atoms with van der Waals surface area (Å²) in [5.74, 6) is 0. The molecule has 0 radical (unpaired) electrons. The molecule has 0 spiro atoms. The van der Waals surface area contributed by atoms with Gasteiger partial charge in [-0.05, 0) is 81.8 Å². The molecule has 0 amide bonds. The molecule has 2 heteroatoms. The van der Waals surface area contributed by atoms with Crippen LogP contribution in [0.5, 0.6) is 0 Å². The lowest BCUT2D eigenvalue weighted by atomic mass is 9.95. The average Bonchev–Trinajstić information content (AvgIpc) is 2.68. The van der Waals surface area contributed by atoms with Crippen LogP contribution in [-0.4, -0.2) is 12.6 Å². The van der Waals surface area contributed by atoms with Crippen LogP contribution in [0.25, 0.3) is 5.57 Å². The molecule has 0 aliphatic heterocycles. The average molecular weight is 382 g/mol. The summed E-state index contributed by atoms with van der Waals surface area (Å²) in [7, 11) is 0. The molecule has 1 atom stereocenters. The Morgan fingerprint density at radius 2 is 1.82 bits per heavy atom. The summed E-state index contributed by atoms with van der Waals surface area (Å²) in [6.07, 6.45) is 4.19. The van der Waals surface area contributed by atoms with E-state index in [4.69, 9.17) is 0 Å². The summed E-state index contributed by atoms with van der Waals surface area (Å²) in [5.41, 5.74) is 4.63. The molecular weight excluding hydrogens is 345 g/mol. The van der Waals surface area contributed by atoms with Gasteiger partial charge in [0, 0.05) is 6.04 Å². The van der Waals surface area contributed by atoms with Gasteiger partial charge in [0.05, 0.1) is 0 Å². The van der Waals surface area contributed by atoms with E-state index in [0.29, 0.717) is 6.04 Å². The van der Waals surface area contributed by atoms with Crippen LogP contribution < -0.4 is 5.32 Å². The van der Waals surface area contributed by atoms with E-state index < -0.39 is 5.67 Å². The summed E-state index contributed by atoms with van der Waals surface area (Å²) >= 11 is 0. The Balaban J connectivity index is 0.00000190. The molecular formula is C26H36FN. The second-order valence-electron chi connectivity index (χ2n) is 7.51. The van der Waals surface area contributed by atoms with Crippen molar-refractivity contribution in [2.75, 3.05) is 6.54 Å². The molecule has 0 heterocycles. The molecule has 0 aliphatic rings. The minimum Gasteiger partial charge on any atom is -0.310 e. The monoisotopic (exact) mass is 381 g/mol. The van der Waals surface area contributed by atoms with Crippen molar-refractivity contribution in [1.29, 1.82) is 0 Å². The van der Waals surface area contributed by atoms with Gasteiger partial charge in [0.25, 0.3) is 0 Å². The number of hydrogen-bond donors (Lipinski definition) is 1. The summed E-state index contributed by atoms with van der Waals surface area (Å²) in [6.45, 7) is 16.6. The first-order valence-electron chi connectivity index (χ1n) is 10.1. The van der Waals surface area contributed by atoms with E-state index in [1.807, 2.05) is 18.2 Å². The first-order chi connectivity index (χ1) is 13.3. The third-order valence-electron chi connectivity index (χ3n) is 4.94. The topological polar surface area (TPSA) is 12.0 Å².